The molecule has 180 valence electrons. The molecule has 1 unspecified atom stereocenters. The molecule has 4 aromatic rings. The molecule has 1 heterocycles. The van der Waals surface area contributed by atoms with Gasteiger partial charge < -0.3 is 20.5 Å². The number of aliphatic carboxylic acids is 1. The number of hydrogen-bond donors (Lipinski definition) is 4. The number of aliphatic hydroxyl groups is 1. The maximum atomic E-state index is 13.2. The number of aromatic nitrogens is 2. The number of H-pyrrole nitrogens is 1. The van der Waals surface area contributed by atoms with Crippen molar-refractivity contribution in [1.29, 1.82) is 0 Å². The molecule has 7 heteroatoms. The second-order valence-electron chi connectivity index (χ2n) is 8.90. The summed E-state index contributed by atoms with van der Waals surface area (Å²) in [6, 6.07) is 21.1. The van der Waals surface area contributed by atoms with Crippen molar-refractivity contribution in [2.45, 2.75) is 32.7 Å². The number of hydrogen-bond acceptors (Lipinski definition) is 4. The van der Waals surface area contributed by atoms with Gasteiger partial charge in [-0.2, -0.15) is 0 Å². The van der Waals surface area contributed by atoms with Gasteiger partial charge in [0.1, 0.15) is 5.82 Å². The molecule has 0 aliphatic rings. The summed E-state index contributed by atoms with van der Waals surface area (Å²) in [6.45, 7) is 3.27. The van der Waals surface area contributed by atoms with Crippen molar-refractivity contribution in [3.05, 3.63) is 89.2 Å². The molecule has 4 N–H and O–H groups in total. The predicted molar refractivity (Wildman–Crippen MR) is 135 cm³/mol. The van der Waals surface area contributed by atoms with Crippen LogP contribution in [0.1, 0.15) is 33.7 Å². The number of aryl methyl sites for hydroxylation is 2. The second-order valence-corrected chi connectivity index (χ2v) is 8.90. The summed E-state index contributed by atoms with van der Waals surface area (Å²) in [5.74, 6) is -1.58. The molecule has 7 nitrogen and oxygen atoms in total. The fourth-order valence-corrected chi connectivity index (χ4v) is 4.35. The Morgan fingerprint density at radius 3 is 2.34 bits per heavy atom. The number of carbonyl (C=O) groups is 2. The number of fused-ring (bicyclic) bond motifs is 1. The van der Waals surface area contributed by atoms with Crippen LogP contribution >= 0.6 is 0 Å². The normalized spacial score (nSPS) is 12.9. The molecule has 1 aromatic heterocycles. The first-order chi connectivity index (χ1) is 16.8. The van der Waals surface area contributed by atoms with E-state index in [0.717, 1.165) is 39.1 Å². The van der Waals surface area contributed by atoms with Gasteiger partial charge in [-0.25, -0.2) is 4.98 Å². The zero-order chi connectivity index (χ0) is 24.9. The second kappa shape index (κ2) is 10.5. The summed E-state index contributed by atoms with van der Waals surface area (Å²) in [5.41, 5.74) is 6.10. The van der Waals surface area contributed by atoms with E-state index in [1.807, 2.05) is 68.4 Å². The van der Waals surface area contributed by atoms with E-state index in [2.05, 4.69) is 15.3 Å². The molecule has 0 saturated heterocycles. The minimum atomic E-state index is -1.09. The van der Waals surface area contributed by atoms with Gasteiger partial charge in [0.2, 0.25) is 0 Å². The molecule has 3 aromatic carbocycles. The van der Waals surface area contributed by atoms with Crippen molar-refractivity contribution in [2.75, 3.05) is 6.61 Å². The van der Waals surface area contributed by atoms with Gasteiger partial charge in [-0.1, -0.05) is 54.6 Å². The molecule has 0 spiro atoms. The Morgan fingerprint density at radius 1 is 1.00 bits per heavy atom. The molecule has 1 amide bonds. The van der Waals surface area contributed by atoms with E-state index < -0.39 is 24.5 Å². The Kier molecular flexibility index (Phi) is 7.27. The van der Waals surface area contributed by atoms with Crippen LogP contribution in [0.15, 0.2) is 66.7 Å². The molecule has 0 fully saturated rings. The van der Waals surface area contributed by atoms with Gasteiger partial charge in [0.05, 0.1) is 23.6 Å². The van der Waals surface area contributed by atoms with E-state index in [-0.39, 0.29) is 12.3 Å². The van der Waals surface area contributed by atoms with E-state index >= 15 is 0 Å². The summed E-state index contributed by atoms with van der Waals surface area (Å²) in [5, 5.41) is 22.1. The van der Waals surface area contributed by atoms with Crippen LogP contribution in [0.2, 0.25) is 0 Å². The Bertz CT molecular complexity index is 1330. The van der Waals surface area contributed by atoms with Crippen LogP contribution < -0.4 is 5.32 Å². The number of aliphatic hydroxyl groups excluding tert-OH is 1. The van der Waals surface area contributed by atoms with E-state index in [4.69, 9.17) is 0 Å². The Hall–Kier alpha value is -3.97. The monoisotopic (exact) mass is 471 g/mol. The number of aromatic amines is 1. The molecule has 0 radical (unpaired) electrons. The van der Waals surface area contributed by atoms with Crippen molar-refractivity contribution in [3.63, 3.8) is 0 Å². The van der Waals surface area contributed by atoms with Crippen LogP contribution in [0, 0.1) is 19.8 Å². The minimum absolute atomic E-state index is 0.113. The zero-order valence-corrected chi connectivity index (χ0v) is 19.8. The van der Waals surface area contributed by atoms with Gasteiger partial charge in [0, 0.05) is 11.6 Å². The van der Waals surface area contributed by atoms with E-state index in [9.17, 15) is 19.8 Å². The number of nitrogens with one attached hydrogen (secondary N) is 2. The van der Waals surface area contributed by atoms with Crippen molar-refractivity contribution in [1.82, 2.24) is 15.3 Å². The number of imidazole rings is 1. The molecule has 2 atom stereocenters. The highest BCUT2D eigenvalue weighted by atomic mass is 16.4. The lowest BCUT2D eigenvalue weighted by Gasteiger charge is -2.22. The average molecular weight is 472 g/mol. The first kappa shape index (κ1) is 24.2. The zero-order valence-electron chi connectivity index (χ0n) is 19.8. The maximum Gasteiger partial charge on any atom is 0.308 e. The van der Waals surface area contributed by atoms with Crippen LogP contribution in [0.25, 0.3) is 22.2 Å². The first-order valence-electron chi connectivity index (χ1n) is 11.6. The lowest BCUT2D eigenvalue weighted by molar-refractivity contribution is -0.143. The highest BCUT2D eigenvalue weighted by molar-refractivity contribution is 5.98. The summed E-state index contributed by atoms with van der Waals surface area (Å²) in [6.07, 6.45) is 0.553. The summed E-state index contributed by atoms with van der Waals surface area (Å²) in [7, 11) is 0. The van der Waals surface area contributed by atoms with Gasteiger partial charge >= 0.3 is 5.97 Å². The molecular weight excluding hydrogens is 442 g/mol. The summed E-state index contributed by atoms with van der Waals surface area (Å²) < 4.78 is 0. The highest BCUT2D eigenvalue weighted by Gasteiger charge is 2.24. The Balaban J connectivity index is 1.55. The largest absolute Gasteiger partial charge is 0.481 e. The number of rotatable bonds is 9. The van der Waals surface area contributed by atoms with Crippen LogP contribution in [-0.2, 0) is 11.2 Å². The predicted octanol–water partition coefficient (Wildman–Crippen LogP) is 4.27. The standard InChI is InChI=1S/C28H29N3O4/c1-17-12-22(15-25-26(17)30-18(2)29-25)27(33)31-24(14-23(16-32)28(34)35)13-19-8-10-21(11-9-19)20-6-4-3-5-7-20/h3-12,15,23-24,32H,13-14,16H2,1-2H3,(H,29,30)(H,31,33)(H,34,35)/t23?,24-/m0/s1. The Morgan fingerprint density at radius 2 is 1.69 bits per heavy atom. The fourth-order valence-electron chi connectivity index (χ4n) is 4.35. The molecule has 0 aliphatic carbocycles. The minimum Gasteiger partial charge on any atom is -0.481 e. The number of nitrogens with zero attached hydrogens (tertiary/aromatic N) is 1. The Labute approximate surface area is 203 Å². The van der Waals surface area contributed by atoms with Gasteiger partial charge in [-0.05, 0) is 61.1 Å². The molecule has 35 heavy (non-hydrogen) atoms. The lowest BCUT2D eigenvalue weighted by atomic mass is 9.94. The van der Waals surface area contributed by atoms with Gasteiger partial charge in [-0.15, -0.1) is 0 Å². The topological polar surface area (TPSA) is 115 Å². The average Bonchev–Trinajstić information content (AvgIpc) is 3.24. The van der Waals surface area contributed by atoms with Crippen LogP contribution in [0.5, 0.6) is 0 Å². The van der Waals surface area contributed by atoms with E-state index in [1.165, 1.54) is 0 Å². The number of carboxylic acid groups (broad SMARTS) is 1. The van der Waals surface area contributed by atoms with Crippen LogP contribution in [-0.4, -0.2) is 44.7 Å². The smallest absolute Gasteiger partial charge is 0.308 e. The maximum absolute atomic E-state index is 13.2. The third-order valence-electron chi connectivity index (χ3n) is 6.17. The third kappa shape index (κ3) is 5.75. The number of benzene rings is 3. The van der Waals surface area contributed by atoms with Gasteiger partial charge in [0.15, 0.2) is 0 Å². The third-order valence-corrected chi connectivity index (χ3v) is 6.17. The summed E-state index contributed by atoms with van der Waals surface area (Å²) in [4.78, 5) is 32.4. The van der Waals surface area contributed by atoms with Crippen molar-refractivity contribution < 1.29 is 19.8 Å². The van der Waals surface area contributed by atoms with Crippen molar-refractivity contribution in [2.24, 2.45) is 5.92 Å². The molecular formula is C28H29N3O4. The molecule has 0 aliphatic heterocycles. The van der Waals surface area contributed by atoms with E-state index in [0.29, 0.717) is 12.0 Å². The number of carbonyl (C=O) groups excluding carboxylic acids is 1. The van der Waals surface area contributed by atoms with Crippen LogP contribution in [0.3, 0.4) is 0 Å². The molecule has 4 rings (SSSR count). The SMILES string of the molecule is Cc1nc2c(C)cc(C(=O)N[C@@H](Cc3ccc(-c4ccccc4)cc3)CC(CO)C(=O)O)cc2[nH]1. The summed E-state index contributed by atoms with van der Waals surface area (Å²) >= 11 is 0. The number of amides is 1. The molecule has 0 bridgehead atoms. The van der Waals surface area contributed by atoms with Crippen molar-refractivity contribution in [3.8, 4) is 11.1 Å². The highest BCUT2D eigenvalue weighted by Crippen LogP contribution is 2.22. The van der Waals surface area contributed by atoms with Gasteiger partial charge in [0.25, 0.3) is 5.91 Å². The first-order valence-corrected chi connectivity index (χ1v) is 11.6. The molecule has 0 saturated carbocycles. The van der Waals surface area contributed by atoms with Crippen molar-refractivity contribution >= 4 is 22.9 Å². The van der Waals surface area contributed by atoms with Gasteiger partial charge in [-0.3, -0.25) is 9.59 Å². The lowest BCUT2D eigenvalue weighted by Crippen LogP contribution is -2.39. The van der Waals surface area contributed by atoms with E-state index in [1.54, 1.807) is 12.1 Å². The quantitative estimate of drug-likeness (QED) is 0.291. The fraction of sp³-hybridized carbons (Fsp3) is 0.250. The number of carboxylic acids is 1. The van der Waals surface area contributed by atoms with Crippen LogP contribution in [0.4, 0.5) is 0 Å².